The van der Waals surface area contributed by atoms with E-state index in [-0.39, 0.29) is 5.91 Å². The van der Waals surface area contributed by atoms with E-state index in [4.69, 9.17) is 4.74 Å². The molecule has 1 N–H and O–H groups in total. The lowest BCUT2D eigenvalue weighted by Crippen LogP contribution is -2.26. The number of nitrogens with zero attached hydrogens (tertiary/aromatic N) is 1. The molecule has 1 aliphatic rings. The summed E-state index contributed by atoms with van der Waals surface area (Å²) in [6.07, 6.45) is 4.83. The molecule has 0 aromatic heterocycles. The van der Waals surface area contributed by atoms with Gasteiger partial charge in [-0.25, -0.2) is 0 Å². The minimum atomic E-state index is -0.0352. The van der Waals surface area contributed by atoms with Crippen LogP contribution in [0.15, 0.2) is 36.4 Å². The largest absolute Gasteiger partial charge is 0.489 e. The molecular formula is C19H28N2O2. The van der Waals surface area contributed by atoms with E-state index >= 15 is 0 Å². The maximum absolute atomic E-state index is 12.2. The molecule has 0 unspecified atom stereocenters. The van der Waals surface area contributed by atoms with Crippen LogP contribution in [0.25, 0.3) is 0 Å². The molecule has 0 radical (unpaired) electrons. The Morgan fingerprint density at radius 2 is 2.09 bits per heavy atom. The first-order chi connectivity index (χ1) is 11.1. The van der Waals surface area contributed by atoms with Crippen LogP contribution >= 0.6 is 0 Å². The van der Waals surface area contributed by atoms with E-state index in [0.717, 1.165) is 31.5 Å². The third-order valence-corrected chi connectivity index (χ3v) is 3.97. The molecule has 0 bridgehead atoms. The van der Waals surface area contributed by atoms with Gasteiger partial charge >= 0.3 is 0 Å². The number of unbranched alkanes of at least 4 members (excludes halogenated alkanes) is 1. The Bertz CT molecular complexity index is 522. The molecular weight excluding hydrogens is 288 g/mol. The van der Waals surface area contributed by atoms with Gasteiger partial charge in [-0.05, 0) is 76.0 Å². The molecule has 2 rings (SSSR count). The number of ether oxygens (including phenoxy) is 1. The minimum Gasteiger partial charge on any atom is -0.489 e. The van der Waals surface area contributed by atoms with Crippen LogP contribution in [0.1, 0.15) is 43.0 Å². The second-order valence-electron chi connectivity index (χ2n) is 6.29. The molecule has 0 atom stereocenters. The summed E-state index contributed by atoms with van der Waals surface area (Å²) < 4.78 is 5.57. The number of amides is 1. The fourth-order valence-corrected chi connectivity index (χ4v) is 2.70. The van der Waals surface area contributed by atoms with Crippen molar-refractivity contribution in [2.24, 2.45) is 0 Å². The molecule has 1 heterocycles. The average molecular weight is 316 g/mol. The van der Waals surface area contributed by atoms with Crippen molar-refractivity contribution in [3.05, 3.63) is 42.0 Å². The summed E-state index contributed by atoms with van der Waals surface area (Å²) in [4.78, 5) is 14.7. The van der Waals surface area contributed by atoms with Crippen molar-refractivity contribution in [3.63, 3.8) is 0 Å². The van der Waals surface area contributed by atoms with Crippen LogP contribution in [0, 0.1) is 0 Å². The average Bonchev–Trinajstić information content (AvgIpc) is 3.06. The first-order valence-corrected chi connectivity index (χ1v) is 8.53. The molecule has 4 nitrogen and oxygen atoms in total. The smallest absolute Gasteiger partial charge is 0.251 e. The van der Waals surface area contributed by atoms with Gasteiger partial charge in [0.2, 0.25) is 0 Å². The van der Waals surface area contributed by atoms with Crippen molar-refractivity contribution >= 4 is 5.91 Å². The molecule has 1 aliphatic heterocycles. The van der Waals surface area contributed by atoms with Crippen LogP contribution < -0.4 is 10.1 Å². The normalized spacial score (nSPS) is 14.7. The topological polar surface area (TPSA) is 41.6 Å². The first-order valence-electron chi connectivity index (χ1n) is 8.53. The van der Waals surface area contributed by atoms with Gasteiger partial charge < -0.3 is 15.0 Å². The van der Waals surface area contributed by atoms with Gasteiger partial charge in [0.25, 0.3) is 5.91 Å². The zero-order valence-electron chi connectivity index (χ0n) is 14.1. The van der Waals surface area contributed by atoms with Gasteiger partial charge in [0, 0.05) is 12.1 Å². The van der Waals surface area contributed by atoms with E-state index in [1.807, 2.05) is 25.1 Å². The SMILES string of the molecule is C=C(C)COc1cccc(C(=O)NCCCCN2CCCC2)c1. The lowest BCUT2D eigenvalue weighted by molar-refractivity contribution is 0.0952. The van der Waals surface area contributed by atoms with Crippen molar-refractivity contribution < 1.29 is 9.53 Å². The molecule has 23 heavy (non-hydrogen) atoms. The predicted octanol–water partition coefficient (Wildman–Crippen LogP) is 3.25. The summed E-state index contributed by atoms with van der Waals surface area (Å²) in [5.74, 6) is 0.668. The van der Waals surface area contributed by atoms with Crippen molar-refractivity contribution in [1.29, 1.82) is 0 Å². The maximum atomic E-state index is 12.2. The molecule has 0 saturated carbocycles. The highest BCUT2D eigenvalue weighted by molar-refractivity contribution is 5.94. The van der Waals surface area contributed by atoms with Crippen molar-refractivity contribution in [2.45, 2.75) is 32.6 Å². The summed E-state index contributed by atoms with van der Waals surface area (Å²) in [5.41, 5.74) is 1.60. The Hall–Kier alpha value is -1.81. The highest BCUT2D eigenvalue weighted by Gasteiger charge is 2.10. The van der Waals surface area contributed by atoms with Gasteiger partial charge in [-0.1, -0.05) is 12.6 Å². The number of benzene rings is 1. The number of likely N-dealkylation sites (tertiary alicyclic amines) is 1. The molecule has 4 heteroatoms. The maximum Gasteiger partial charge on any atom is 0.251 e. The van der Waals surface area contributed by atoms with Crippen LogP contribution in [-0.2, 0) is 0 Å². The third-order valence-electron chi connectivity index (χ3n) is 3.97. The van der Waals surface area contributed by atoms with E-state index in [1.54, 1.807) is 6.07 Å². The van der Waals surface area contributed by atoms with Gasteiger partial charge in [-0.15, -0.1) is 0 Å². The fourth-order valence-electron chi connectivity index (χ4n) is 2.70. The van der Waals surface area contributed by atoms with Crippen LogP contribution in [0.4, 0.5) is 0 Å². The molecule has 0 spiro atoms. The summed E-state index contributed by atoms with van der Waals surface area (Å²) >= 11 is 0. The molecule has 1 aromatic carbocycles. The van der Waals surface area contributed by atoms with Crippen molar-refractivity contribution in [1.82, 2.24) is 10.2 Å². The molecule has 126 valence electrons. The molecule has 0 aliphatic carbocycles. The number of hydrogen-bond acceptors (Lipinski definition) is 3. The Labute approximate surface area is 139 Å². The minimum absolute atomic E-state index is 0.0352. The summed E-state index contributed by atoms with van der Waals surface area (Å²) in [7, 11) is 0. The summed E-state index contributed by atoms with van der Waals surface area (Å²) in [6, 6.07) is 7.29. The Morgan fingerprint density at radius 3 is 2.83 bits per heavy atom. The van der Waals surface area contributed by atoms with E-state index in [9.17, 15) is 4.79 Å². The van der Waals surface area contributed by atoms with Crippen molar-refractivity contribution in [3.8, 4) is 5.75 Å². The molecule has 1 fully saturated rings. The zero-order valence-corrected chi connectivity index (χ0v) is 14.1. The van der Waals surface area contributed by atoms with E-state index in [1.165, 1.54) is 25.9 Å². The molecule has 1 amide bonds. The van der Waals surface area contributed by atoms with E-state index in [0.29, 0.717) is 17.9 Å². The molecule has 1 aromatic rings. The number of carbonyl (C=O) groups is 1. The van der Waals surface area contributed by atoms with Crippen LogP contribution in [0.3, 0.4) is 0 Å². The number of carbonyl (C=O) groups excluding carboxylic acids is 1. The fraction of sp³-hybridized carbons (Fsp3) is 0.526. The Balaban J connectivity index is 1.68. The second-order valence-corrected chi connectivity index (χ2v) is 6.29. The summed E-state index contributed by atoms with van der Waals surface area (Å²) in [6.45, 7) is 10.6. The molecule has 1 saturated heterocycles. The van der Waals surface area contributed by atoms with E-state index in [2.05, 4.69) is 16.8 Å². The standard InChI is InChI=1S/C19H28N2O2/c1-16(2)15-23-18-9-7-8-17(14-18)19(22)20-10-3-4-11-21-12-5-6-13-21/h7-9,14H,1,3-6,10-13,15H2,2H3,(H,20,22). The Morgan fingerprint density at radius 1 is 1.30 bits per heavy atom. The van der Waals surface area contributed by atoms with Crippen LogP contribution in [-0.4, -0.2) is 43.6 Å². The number of hydrogen-bond donors (Lipinski definition) is 1. The zero-order chi connectivity index (χ0) is 16.5. The van der Waals surface area contributed by atoms with Gasteiger partial charge in [0.1, 0.15) is 12.4 Å². The van der Waals surface area contributed by atoms with Crippen LogP contribution in [0.5, 0.6) is 5.75 Å². The first kappa shape index (κ1) is 17.5. The quantitative estimate of drug-likeness (QED) is 0.562. The van der Waals surface area contributed by atoms with Crippen molar-refractivity contribution in [2.75, 3.05) is 32.8 Å². The number of nitrogens with one attached hydrogen (secondary N) is 1. The van der Waals surface area contributed by atoms with Crippen LogP contribution in [0.2, 0.25) is 0 Å². The monoisotopic (exact) mass is 316 g/mol. The lowest BCUT2D eigenvalue weighted by atomic mass is 10.2. The number of rotatable bonds is 9. The van der Waals surface area contributed by atoms with Gasteiger partial charge in [-0.3, -0.25) is 4.79 Å². The lowest BCUT2D eigenvalue weighted by Gasteiger charge is -2.14. The highest BCUT2D eigenvalue weighted by atomic mass is 16.5. The van der Waals surface area contributed by atoms with Gasteiger partial charge in [0.15, 0.2) is 0 Å². The van der Waals surface area contributed by atoms with Gasteiger partial charge in [0.05, 0.1) is 0 Å². The Kier molecular flexibility index (Phi) is 7.14. The van der Waals surface area contributed by atoms with E-state index < -0.39 is 0 Å². The summed E-state index contributed by atoms with van der Waals surface area (Å²) in [5, 5.41) is 2.99. The third kappa shape index (κ3) is 6.45. The predicted molar refractivity (Wildman–Crippen MR) is 94.0 cm³/mol. The van der Waals surface area contributed by atoms with Gasteiger partial charge in [-0.2, -0.15) is 0 Å². The highest BCUT2D eigenvalue weighted by Crippen LogP contribution is 2.14. The second kappa shape index (κ2) is 9.36.